The van der Waals surface area contributed by atoms with E-state index in [2.05, 4.69) is 0 Å². The molecule has 152 valence electrons. The average Bonchev–Trinajstić information content (AvgIpc) is 2.65. The van der Waals surface area contributed by atoms with Gasteiger partial charge < -0.3 is 20.1 Å². The highest BCUT2D eigenvalue weighted by Crippen LogP contribution is 2.32. The lowest BCUT2D eigenvalue weighted by Gasteiger charge is -2.36. The highest BCUT2D eigenvalue weighted by molar-refractivity contribution is 5.39. The molecule has 0 saturated heterocycles. The van der Waals surface area contributed by atoms with E-state index in [-0.39, 0.29) is 19.4 Å². The van der Waals surface area contributed by atoms with Gasteiger partial charge in [-0.3, -0.25) is 0 Å². The first-order valence-electron chi connectivity index (χ1n) is 9.15. The van der Waals surface area contributed by atoms with E-state index in [1.165, 1.54) is 6.07 Å². The van der Waals surface area contributed by atoms with Crippen LogP contribution in [0.5, 0.6) is 5.75 Å². The SMILES string of the molecule is OC[C@H]1C[C@@H](Oc2ccccc2Cc2cccc(C(F)(F)F)c2)C[C@@H](O)[C@@H]1O. The van der Waals surface area contributed by atoms with E-state index < -0.39 is 36.0 Å². The highest BCUT2D eigenvalue weighted by Gasteiger charge is 2.36. The third kappa shape index (κ3) is 4.84. The Kier molecular flexibility index (Phi) is 6.27. The molecule has 7 heteroatoms. The maximum absolute atomic E-state index is 12.9. The van der Waals surface area contributed by atoms with Gasteiger partial charge in [-0.1, -0.05) is 36.4 Å². The van der Waals surface area contributed by atoms with Gasteiger partial charge in [-0.05, 0) is 29.7 Å². The van der Waals surface area contributed by atoms with E-state index >= 15 is 0 Å². The third-order valence-corrected chi connectivity index (χ3v) is 5.10. The van der Waals surface area contributed by atoms with Crippen molar-refractivity contribution >= 4 is 0 Å². The van der Waals surface area contributed by atoms with Crippen molar-refractivity contribution in [2.24, 2.45) is 5.92 Å². The van der Waals surface area contributed by atoms with Crippen LogP contribution in [0.15, 0.2) is 48.5 Å². The molecule has 0 heterocycles. The van der Waals surface area contributed by atoms with Crippen LogP contribution in [0.2, 0.25) is 0 Å². The molecule has 0 spiro atoms. The fraction of sp³-hybridized carbons (Fsp3) is 0.429. The van der Waals surface area contributed by atoms with E-state index in [9.17, 15) is 28.5 Å². The monoisotopic (exact) mass is 396 g/mol. The van der Waals surface area contributed by atoms with Crippen LogP contribution in [-0.4, -0.2) is 40.2 Å². The maximum Gasteiger partial charge on any atom is 0.416 e. The van der Waals surface area contributed by atoms with Crippen LogP contribution < -0.4 is 4.74 Å². The van der Waals surface area contributed by atoms with Crippen LogP contribution in [0.25, 0.3) is 0 Å². The predicted octanol–water partition coefficient (Wildman–Crippen LogP) is 3.17. The molecule has 4 atom stereocenters. The molecule has 0 radical (unpaired) electrons. The van der Waals surface area contributed by atoms with Gasteiger partial charge in [0.2, 0.25) is 0 Å². The second kappa shape index (κ2) is 8.51. The number of aliphatic hydroxyl groups is 3. The molecular weight excluding hydrogens is 373 g/mol. The number of benzene rings is 2. The van der Waals surface area contributed by atoms with E-state index in [1.807, 2.05) is 0 Å². The molecular formula is C21H23F3O4. The highest BCUT2D eigenvalue weighted by atomic mass is 19.4. The Hall–Kier alpha value is -2.09. The molecule has 0 bridgehead atoms. The van der Waals surface area contributed by atoms with Crippen molar-refractivity contribution in [1.29, 1.82) is 0 Å². The van der Waals surface area contributed by atoms with Gasteiger partial charge in [0.15, 0.2) is 0 Å². The van der Waals surface area contributed by atoms with Gasteiger partial charge in [0.25, 0.3) is 0 Å². The second-order valence-corrected chi connectivity index (χ2v) is 7.19. The van der Waals surface area contributed by atoms with Crippen LogP contribution in [0.1, 0.15) is 29.5 Å². The Labute approximate surface area is 161 Å². The van der Waals surface area contributed by atoms with E-state index in [0.29, 0.717) is 17.7 Å². The van der Waals surface area contributed by atoms with E-state index in [1.54, 1.807) is 30.3 Å². The molecule has 2 aromatic rings. The Morgan fingerprint density at radius 1 is 1.00 bits per heavy atom. The number of hydrogen-bond donors (Lipinski definition) is 3. The Balaban J connectivity index is 1.77. The summed E-state index contributed by atoms with van der Waals surface area (Å²) in [5, 5.41) is 29.3. The van der Waals surface area contributed by atoms with Crippen LogP contribution in [-0.2, 0) is 12.6 Å². The normalized spacial score (nSPS) is 25.5. The largest absolute Gasteiger partial charge is 0.490 e. The summed E-state index contributed by atoms with van der Waals surface area (Å²) >= 11 is 0. The van der Waals surface area contributed by atoms with Gasteiger partial charge in [0.05, 0.1) is 17.8 Å². The molecule has 1 aliphatic carbocycles. The van der Waals surface area contributed by atoms with Crippen molar-refractivity contribution in [2.75, 3.05) is 6.61 Å². The summed E-state index contributed by atoms with van der Waals surface area (Å²) in [6.45, 7) is -0.260. The second-order valence-electron chi connectivity index (χ2n) is 7.19. The minimum absolute atomic E-state index is 0.218. The quantitative estimate of drug-likeness (QED) is 0.726. The Morgan fingerprint density at radius 2 is 1.75 bits per heavy atom. The zero-order valence-electron chi connectivity index (χ0n) is 15.1. The van der Waals surface area contributed by atoms with E-state index in [0.717, 1.165) is 17.7 Å². The van der Waals surface area contributed by atoms with Gasteiger partial charge in [-0.15, -0.1) is 0 Å². The predicted molar refractivity (Wildman–Crippen MR) is 96.9 cm³/mol. The first-order chi connectivity index (χ1) is 13.3. The number of halogens is 3. The standard InChI is InChI=1S/C21H23F3O4/c22-21(23,24)16-6-3-4-13(9-16)8-14-5-1-2-7-19(14)28-17-10-15(12-25)20(27)18(26)11-17/h1-7,9,15,17-18,20,25-27H,8,10-12H2/t15-,17-,18-,20-/m1/s1. The summed E-state index contributed by atoms with van der Waals surface area (Å²) in [5.74, 6) is 0.0366. The lowest BCUT2D eigenvalue weighted by atomic mass is 9.83. The van der Waals surface area contributed by atoms with Crippen molar-refractivity contribution in [3.8, 4) is 5.75 Å². The number of alkyl halides is 3. The molecule has 1 fully saturated rings. The number of ether oxygens (including phenoxy) is 1. The molecule has 2 aromatic carbocycles. The number of para-hydroxylation sites is 1. The molecule has 3 rings (SSSR count). The smallest absolute Gasteiger partial charge is 0.416 e. The summed E-state index contributed by atoms with van der Waals surface area (Å²) in [7, 11) is 0. The lowest BCUT2D eigenvalue weighted by molar-refractivity contribution is -0.137. The molecule has 0 aromatic heterocycles. The number of rotatable bonds is 5. The zero-order chi connectivity index (χ0) is 20.3. The van der Waals surface area contributed by atoms with Crippen LogP contribution >= 0.6 is 0 Å². The minimum atomic E-state index is -4.40. The van der Waals surface area contributed by atoms with Gasteiger partial charge in [-0.25, -0.2) is 0 Å². The summed E-state index contributed by atoms with van der Waals surface area (Å²) in [6, 6.07) is 12.2. The van der Waals surface area contributed by atoms with Gasteiger partial charge in [0.1, 0.15) is 11.9 Å². The Bertz CT molecular complexity index is 793. The molecule has 0 aliphatic heterocycles. The summed E-state index contributed by atoms with van der Waals surface area (Å²) < 4.78 is 44.8. The fourth-order valence-electron chi connectivity index (χ4n) is 3.60. The van der Waals surface area contributed by atoms with E-state index in [4.69, 9.17) is 4.74 Å². The summed E-state index contributed by atoms with van der Waals surface area (Å²) in [6.07, 6.45) is -5.93. The summed E-state index contributed by atoms with van der Waals surface area (Å²) in [5.41, 5.74) is 0.541. The van der Waals surface area contributed by atoms with Crippen molar-refractivity contribution < 1.29 is 33.2 Å². The fourth-order valence-corrected chi connectivity index (χ4v) is 3.60. The van der Waals surface area contributed by atoms with Crippen molar-refractivity contribution in [1.82, 2.24) is 0 Å². The summed E-state index contributed by atoms with van der Waals surface area (Å²) in [4.78, 5) is 0. The van der Waals surface area contributed by atoms with Gasteiger partial charge in [0, 0.05) is 25.4 Å². The molecule has 4 nitrogen and oxygen atoms in total. The maximum atomic E-state index is 12.9. The van der Waals surface area contributed by atoms with Crippen molar-refractivity contribution in [3.05, 3.63) is 65.2 Å². The molecule has 28 heavy (non-hydrogen) atoms. The first-order valence-corrected chi connectivity index (χ1v) is 9.15. The first kappa shape index (κ1) is 20.6. The van der Waals surface area contributed by atoms with Crippen molar-refractivity contribution in [2.45, 2.75) is 43.8 Å². The molecule has 3 N–H and O–H groups in total. The van der Waals surface area contributed by atoms with Crippen LogP contribution in [0.4, 0.5) is 13.2 Å². The van der Waals surface area contributed by atoms with Crippen LogP contribution in [0, 0.1) is 5.92 Å². The minimum Gasteiger partial charge on any atom is -0.490 e. The molecule has 1 aliphatic rings. The average molecular weight is 396 g/mol. The van der Waals surface area contributed by atoms with Crippen molar-refractivity contribution in [3.63, 3.8) is 0 Å². The van der Waals surface area contributed by atoms with Gasteiger partial charge in [-0.2, -0.15) is 13.2 Å². The molecule has 1 saturated carbocycles. The topological polar surface area (TPSA) is 69.9 Å². The lowest BCUT2D eigenvalue weighted by Crippen LogP contribution is -2.46. The van der Waals surface area contributed by atoms with Crippen LogP contribution in [0.3, 0.4) is 0 Å². The zero-order valence-corrected chi connectivity index (χ0v) is 15.1. The third-order valence-electron chi connectivity index (χ3n) is 5.10. The molecule has 0 unspecified atom stereocenters. The number of aliphatic hydroxyl groups excluding tert-OH is 3. The number of hydrogen-bond acceptors (Lipinski definition) is 4. The Morgan fingerprint density at radius 3 is 2.46 bits per heavy atom. The molecule has 0 amide bonds. The van der Waals surface area contributed by atoms with Gasteiger partial charge >= 0.3 is 6.18 Å².